The Morgan fingerprint density at radius 1 is 1.14 bits per heavy atom. The molecular formula is C14H14N4O2S. The highest BCUT2D eigenvalue weighted by molar-refractivity contribution is 7.89. The molecule has 2 heterocycles. The molecule has 1 aromatic carbocycles. The van der Waals surface area contributed by atoms with Crippen LogP contribution in [-0.4, -0.2) is 34.7 Å². The number of imidazole rings is 1. The number of hydrogen-bond acceptors (Lipinski definition) is 4. The summed E-state index contributed by atoms with van der Waals surface area (Å²) in [6, 6.07) is 8.58. The summed E-state index contributed by atoms with van der Waals surface area (Å²) in [5.41, 5.74) is 0.657. The molecule has 0 fully saturated rings. The predicted molar refractivity (Wildman–Crippen MR) is 79.0 cm³/mol. The van der Waals surface area contributed by atoms with E-state index in [1.54, 1.807) is 48.9 Å². The highest BCUT2D eigenvalue weighted by Gasteiger charge is 2.23. The van der Waals surface area contributed by atoms with E-state index in [1.807, 2.05) is 0 Å². The zero-order valence-corrected chi connectivity index (χ0v) is 12.2. The third kappa shape index (κ3) is 2.53. The van der Waals surface area contributed by atoms with E-state index in [0.29, 0.717) is 16.7 Å². The molecule has 1 N–H and O–H groups in total. The summed E-state index contributed by atoms with van der Waals surface area (Å²) in [5.74, 6) is 0.597. The lowest BCUT2D eigenvalue weighted by Crippen LogP contribution is -2.27. The van der Waals surface area contributed by atoms with Gasteiger partial charge >= 0.3 is 0 Å². The number of hydrogen-bond donors (Lipinski definition) is 1. The second kappa shape index (κ2) is 5.27. The lowest BCUT2D eigenvalue weighted by Gasteiger charge is -2.17. The fourth-order valence-electron chi connectivity index (χ4n) is 2.15. The fraction of sp³-hybridized carbons (Fsp3) is 0.143. The summed E-state index contributed by atoms with van der Waals surface area (Å²) in [7, 11) is -2.07. The molecule has 0 saturated heterocycles. The van der Waals surface area contributed by atoms with Crippen LogP contribution in [0.15, 0.2) is 53.8 Å². The van der Waals surface area contributed by atoms with Crippen LogP contribution in [-0.2, 0) is 16.6 Å². The molecule has 0 amide bonds. The van der Waals surface area contributed by atoms with Crippen LogP contribution < -0.4 is 0 Å². The van der Waals surface area contributed by atoms with Crippen molar-refractivity contribution in [2.24, 2.45) is 0 Å². The SMILES string of the molecule is CN(Cc1ncc[nH]1)S(=O)(=O)c1cccc2ncccc12. The first-order valence-electron chi connectivity index (χ1n) is 6.37. The molecule has 3 aromatic rings. The van der Waals surface area contributed by atoms with Gasteiger partial charge < -0.3 is 4.98 Å². The first-order valence-corrected chi connectivity index (χ1v) is 7.81. The van der Waals surface area contributed by atoms with Crippen LogP contribution in [0.25, 0.3) is 10.9 Å². The van der Waals surface area contributed by atoms with Crippen LogP contribution in [0.5, 0.6) is 0 Å². The zero-order valence-electron chi connectivity index (χ0n) is 11.4. The van der Waals surface area contributed by atoms with Crippen LogP contribution in [0.1, 0.15) is 5.82 Å². The number of H-pyrrole nitrogens is 1. The molecule has 0 unspecified atom stereocenters. The Kier molecular flexibility index (Phi) is 3.44. The van der Waals surface area contributed by atoms with Crippen molar-refractivity contribution in [2.45, 2.75) is 11.4 Å². The summed E-state index contributed by atoms with van der Waals surface area (Å²) in [6.07, 6.45) is 4.90. The first kappa shape index (κ1) is 13.7. The van der Waals surface area contributed by atoms with Gasteiger partial charge in [-0.05, 0) is 24.3 Å². The second-order valence-corrected chi connectivity index (χ2v) is 6.64. The fourth-order valence-corrected chi connectivity index (χ4v) is 3.48. The third-order valence-electron chi connectivity index (χ3n) is 3.22. The van der Waals surface area contributed by atoms with Crippen molar-refractivity contribution in [1.82, 2.24) is 19.3 Å². The van der Waals surface area contributed by atoms with E-state index in [4.69, 9.17) is 0 Å². The maximum absolute atomic E-state index is 12.7. The molecule has 0 spiro atoms. The van der Waals surface area contributed by atoms with E-state index in [1.165, 1.54) is 11.4 Å². The van der Waals surface area contributed by atoms with Crippen LogP contribution in [0.2, 0.25) is 0 Å². The number of nitrogens with zero attached hydrogens (tertiary/aromatic N) is 3. The van der Waals surface area contributed by atoms with E-state index in [0.717, 1.165) is 0 Å². The average molecular weight is 302 g/mol. The molecule has 0 bridgehead atoms. The molecule has 2 aromatic heterocycles. The van der Waals surface area contributed by atoms with Gasteiger partial charge in [-0.2, -0.15) is 4.31 Å². The number of sulfonamides is 1. The minimum atomic E-state index is -3.61. The monoisotopic (exact) mass is 302 g/mol. The second-order valence-electron chi connectivity index (χ2n) is 4.62. The van der Waals surface area contributed by atoms with Crippen molar-refractivity contribution >= 4 is 20.9 Å². The first-order chi connectivity index (χ1) is 10.1. The van der Waals surface area contributed by atoms with Crippen molar-refractivity contribution in [3.63, 3.8) is 0 Å². The number of aromatic amines is 1. The van der Waals surface area contributed by atoms with Gasteiger partial charge in [-0.15, -0.1) is 0 Å². The lowest BCUT2D eigenvalue weighted by molar-refractivity contribution is 0.459. The number of nitrogens with one attached hydrogen (secondary N) is 1. The van der Waals surface area contributed by atoms with E-state index in [9.17, 15) is 8.42 Å². The lowest BCUT2D eigenvalue weighted by atomic mass is 10.2. The third-order valence-corrected chi connectivity index (χ3v) is 5.08. The van der Waals surface area contributed by atoms with Gasteiger partial charge in [-0.25, -0.2) is 13.4 Å². The van der Waals surface area contributed by atoms with Gasteiger partial charge in [-0.1, -0.05) is 6.07 Å². The average Bonchev–Trinajstić information content (AvgIpc) is 2.99. The quantitative estimate of drug-likeness (QED) is 0.796. The molecule has 6 nitrogen and oxygen atoms in total. The number of benzene rings is 1. The molecule has 21 heavy (non-hydrogen) atoms. The molecule has 7 heteroatoms. The van der Waals surface area contributed by atoms with Crippen molar-refractivity contribution < 1.29 is 8.42 Å². The van der Waals surface area contributed by atoms with Crippen LogP contribution in [0, 0.1) is 0 Å². The molecular weight excluding hydrogens is 288 g/mol. The van der Waals surface area contributed by atoms with Crippen LogP contribution >= 0.6 is 0 Å². The Hall–Kier alpha value is -2.25. The van der Waals surface area contributed by atoms with Crippen molar-refractivity contribution in [3.05, 3.63) is 54.7 Å². The summed E-state index contributed by atoms with van der Waals surface area (Å²) in [5, 5.41) is 0.617. The van der Waals surface area contributed by atoms with E-state index >= 15 is 0 Å². The number of rotatable bonds is 4. The smallest absolute Gasteiger partial charge is 0.243 e. The van der Waals surface area contributed by atoms with E-state index < -0.39 is 10.0 Å². The summed E-state index contributed by atoms with van der Waals surface area (Å²) in [6.45, 7) is 0.186. The number of pyridine rings is 1. The van der Waals surface area contributed by atoms with Gasteiger partial charge in [0.15, 0.2) is 0 Å². The van der Waals surface area contributed by atoms with Gasteiger partial charge in [0.1, 0.15) is 5.82 Å². The highest BCUT2D eigenvalue weighted by atomic mass is 32.2. The molecule has 0 aliphatic rings. The van der Waals surface area contributed by atoms with Gasteiger partial charge in [0, 0.05) is 31.0 Å². The summed E-state index contributed by atoms with van der Waals surface area (Å²) in [4.78, 5) is 11.4. The standard InChI is InChI=1S/C14H14N4O2S/c1-18(10-14-16-8-9-17-14)21(19,20)13-6-2-5-12-11(13)4-3-7-15-12/h2-9H,10H2,1H3,(H,16,17). The Morgan fingerprint density at radius 2 is 2.00 bits per heavy atom. The molecule has 0 atom stereocenters. The maximum atomic E-state index is 12.7. The Labute approximate surface area is 122 Å². The van der Waals surface area contributed by atoms with Gasteiger partial charge in [0.25, 0.3) is 0 Å². The van der Waals surface area contributed by atoms with Gasteiger partial charge in [-0.3, -0.25) is 4.98 Å². The van der Waals surface area contributed by atoms with Gasteiger partial charge in [0.05, 0.1) is 17.0 Å². The van der Waals surface area contributed by atoms with Crippen molar-refractivity contribution in [1.29, 1.82) is 0 Å². The summed E-state index contributed by atoms with van der Waals surface area (Å²) < 4.78 is 26.7. The Morgan fingerprint density at radius 3 is 2.76 bits per heavy atom. The van der Waals surface area contributed by atoms with Crippen LogP contribution in [0.4, 0.5) is 0 Å². The van der Waals surface area contributed by atoms with E-state index in [-0.39, 0.29) is 11.4 Å². The molecule has 0 saturated carbocycles. The topological polar surface area (TPSA) is 79.0 Å². The number of aromatic nitrogens is 3. The normalized spacial score (nSPS) is 12.1. The Bertz CT molecular complexity index is 854. The Balaban J connectivity index is 2.04. The highest BCUT2D eigenvalue weighted by Crippen LogP contribution is 2.24. The van der Waals surface area contributed by atoms with Crippen LogP contribution in [0.3, 0.4) is 0 Å². The predicted octanol–water partition coefficient (Wildman–Crippen LogP) is 1.78. The summed E-state index contributed by atoms with van der Waals surface area (Å²) >= 11 is 0. The largest absolute Gasteiger partial charge is 0.347 e. The molecule has 0 aliphatic carbocycles. The molecule has 108 valence electrons. The molecule has 0 radical (unpaired) electrons. The van der Waals surface area contributed by atoms with Gasteiger partial charge in [0.2, 0.25) is 10.0 Å². The maximum Gasteiger partial charge on any atom is 0.243 e. The number of fused-ring (bicyclic) bond motifs is 1. The minimum Gasteiger partial charge on any atom is -0.347 e. The van der Waals surface area contributed by atoms with E-state index in [2.05, 4.69) is 15.0 Å². The van der Waals surface area contributed by atoms with Crippen molar-refractivity contribution in [3.8, 4) is 0 Å². The minimum absolute atomic E-state index is 0.186. The van der Waals surface area contributed by atoms with Crippen molar-refractivity contribution in [2.75, 3.05) is 7.05 Å². The molecule has 3 rings (SSSR count). The zero-order chi connectivity index (χ0) is 14.9. The molecule has 0 aliphatic heterocycles.